The van der Waals surface area contributed by atoms with E-state index < -0.39 is 0 Å². The van der Waals surface area contributed by atoms with Gasteiger partial charge in [0.15, 0.2) is 25.0 Å². The number of rotatable bonds is 9. The number of nitrogens with zero attached hydrogens (tertiary/aromatic N) is 2. The van der Waals surface area contributed by atoms with Crippen LogP contribution in [-0.4, -0.2) is 0 Å². The van der Waals surface area contributed by atoms with E-state index in [1.807, 2.05) is 0 Å². The summed E-state index contributed by atoms with van der Waals surface area (Å²) in [5.41, 5.74) is 19.7. The molecule has 68 heavy (non-hydrogen) atoms. The molecular weight excluding hydrogens is 821 g/mol. The van der Waals surface area contributed by atoms with E-state index in [4.69, 9.17) is 0 Å². The van der Waals surface area contributed by atoms with Crippen molar-refractivity contribution in [3.05, 3.63) is 229 Å². The average molecular weight is 879 g/mol. The van der Waals surface area contributed by atoms with Crippen LogP contribution in [0.4, 0.5) is 0 Å². The lowest BCUT2D eigenvalue weighted by Crippen LogP contribution is -2.47. The molecule has 2 nitrogen and oxygen atoms in total. The van der Waals surface area contributed by atoms with E-state index in [0.29, 0.717) is 23.8 Å². The van der Waals surface area contributed by atoms with Crippen LogP contribution >= 0.6 is 0 Å². The predicted molar refractivity (Wildman–Crippen MR) is 283 cm³/mol. The van der Waals surface area contributed by atoms with E-state index in [1.54, 1.807) is 0 Å². The van der Waals surface area contributed by atoms with Crippen LogP contribution in [0.25, 0.3) is 88.6 Å². The van der Waals surface area contributed by atoms with Crippen LogP contribution < -0.4 is 9.13 Å². The third-order valence-electron chi connectivity index (χ3n) is 15.6. The van der Waals surface area contributed by atoms with Crippen molar-refractivity contribution in [2.24, 2.45) is 5.92 Å². The number of fused-ring (bicyclic) bond motifs is 8. The van der Waals surface area contributed by atoms with E-state index in [9.17, 15) is 0 Å². The SMILES string of the molecule is CCCCc1ccc2c(c1)C(C1C[n+]3ccccc3-c3cc(-c4cccc(-c5cc(-c6cccc7ccccc67)cc(-c6cccc7ccccc67)c5)c4)ccc31)C(C)C(CC)[n+]1ccccc1-2. The molecular formula is C66H58N2+2. The first kappa shape index (κ1) is 42.0. The third-order valence-corrected chi connectivity index (χ3v) is 15.6. The Hall–Kier alpha value is -7.42. The van der Waals surface area contributed by atoms with Crippen LogP contribution in [0, 0.1) is 5.92 Å². The van der Waals surface area contributed by atoms with Gasteiger partial charge in [0, 0.05) is 48.1 Å². The highest BCUT2D eigenvalue weighted by atomic mass is 15.0. The number of unbranched alkanes of at least 4 members (excludes halogenated alkanes) is 1. The maximum Gasteiger partial charge on any atom is 0.212 e. The quantitative estimate of drug-likeness (QED) is 0.128. The normalized spacial score (nSPS) is 17.2. The Labute approximate surface area is 401 Å². The van der Waals surface area contributed by atoms with Gasteiger partial charge in [0.1, 0.15) is 0 Å². The monoisotopic (exact) mass is 878 g/mol. The van der Waals surface area contributed by atoms with Gasteiger partial charge >= 0.3 is 0 Å². The Balaban J connectivity index is 0.993. The van der Waals surface area contributed by atoms with E-state index in [1.165, 1.54) is 118 Å². The molecule has 0 fully saturated rings. The summed E-state index contributed by atoms with van der Waals surface area (Å²) in [6, 6.07) is 76.2. The van der Waals surface area contributed by atoms with Crippen molar-refractivity contribution < 1.29 is 9.13 Å². The Bertz CT molecular complexity index is 3420. The molecule has 0 spiro atoms. The second-order valence-electron chi connectivity index (χ2n) is 19.5. The molecule has 4 heterocycles. The summed E-state index contributed by atoms with van der Waals surface area (Å²) in [7, 11) is 0. The Morgan fingerprint density at radius 1 is 0.456 bits per heavy atom. The highest BCUT2D eigenvalue weighted by Gasteiger charge is 2.46. The third kappa shape index (κ3) is 7.35. The van der Waals surface area contributed by atoms with Crippen molar-refractivity contribution in [1.29, 1.82) is 0 Å². The lowest BCUT2D eigenvalue weighted by molar-refractivity contribution is -0.720. The number of hydrogen-bond donors (Lipinski definition) is 0. The van der Waals surface area contributed by atoms with Gasteiger partial charge in [-0.3, -0.25) is 0 Å². The molecule has 2 aliphatic heterocycles. The fourth-order valence-corrected chi connectivity index (χ4v) is 12.3. The molecule has 0 amide bonds. The molecule has 12 rings (SSSR count). The molecule has 0 saturated carbocycles. The van der Waals surface area contributed by atoms with Crippen molar-refractivity contribution in [2.45, 2.75) is 70.9 Å². The van der Waals surface area contributed by atoms with Crippen LogP contribution in [-0.2, 0) is 13.0 Å². The summed E-state index contributed by atoms with van der Waals surface area (Å²) in [4.78, 5) is 0. The first-order chi connectivity index (χ1) is 33.5. The van der Waals surface area contributed by atoms with Gasteiger partial charge in [-0.1, -0.05) is 155 Å². The fourth-order valence-electron chi connectivity index (χ4n) is 12.3. The molecule has 0 N–H and O–H groups in total. The van der Waals surface area contributed by atoms with Gasteiger partial charge in [-0.2, -0.15) is 9.13 Å². The topological polar surface area (TPSA) is 7.76 Å². The van der Waals surface area contributed by atoms with Crippen molar-refractivity contribution in [3.63, 3.8) is 0 Å². The van der Waals surface area contributed by atoms with Gasteiger partial charge in [0.05, 0.1) is 11.5 Å². The van der Waals surface area contributed by atoms with Gasteiger partial charge in [0.25, 0.3) is 0 Å². The minimum atomic E-state index is 0.300. The lowest BCUT2D eigenvalue weighted by Gasteiger charge is -2.35. The first-order valence-corrected chi connectivity index (χ1v) is 25.0. The van der Waals surface area contributed by atoms with Crippen molar-refractivity contribution in [3.8, 4) is 67.0 Å². The van der Waals surface area contributed by atoms with E-state index in [0.717, 1.165) is 19.4 Å². The van der Waals surface area contributed by atoms with Gasteiger partial charge in [-0.05, 0) is 144 Å². The van der Waals surface area contributed by atoms with E-state index >= 15 is 0 Å². The summed E-state index contributed by atoms with van der Waals surface area (Å²) in [6.07, 6.45) is 9.27. The summed E-state index contributed by atoms with van der Waals surface area (Å²) < 4.78 is 5.14. The average Bonchev–Trinajstić information content (AvgIpc) is 3.50. The molecule has 2 aromatic heterocycles. The number of aryl methyl sites for hydroxylation is 1. The zero-order valence-electron chi connectivity index (χ0n) is 39.4. The van der Waals surface area contributed by atoms with Crippen LogP contribution in [0.5, 0.6) is 0 Å². The van der Waals surface area contributed by atoms with Crippen LogP contribution in [0.3, 0.4) is 0 Å². The van der Waals surface area contributed by atoms with Crippen LogP contribution in [0.1, 0.15) is 74.6 Å². The number of aromatic nitrogens is 2. The van der Waals surface area contributed by atoms with Crippen molar-refractivity contribution in [2.75, 3.05) is 0 Å². The van der Waals surface area contributed by atoms with E-state index in [-0.39, 0.29) is 0 Å². The molecule has 10 aromatic rings. The second kappa shape index (κ2) is 17.7. The molecule has 330 valence electrons. The molecule has 0 saturated heterocycles. The Morgan fingerprint density at radius 3 is 1.78 bits per heavy atom. The highest BCUT2D eigenvalue weighted by Crippen LogP contribution is 2.51. The van der Waals surface area contributed by atoms with Gasteiger partial charge in [-0.25, -0.2) is 0 Å². The second-order valence-corrected chi connectivity index (χ2v) is 19.5. The predicted octanol–water partition coefficient (Wildman–Crippen LogP) is 16.4. The number of pyridine rings is 2. The summed E-state index contributed by atoms with van der Waals surface area (Å²) >= 11 is 0. The minimum Gasteiger partial charge on any atom is -0.198 e. The summed E-state index contributed by atoms with van der Waals surface area (Å²) in [5, 5.41) is 5.04. The number of benzene rings is 8. The summed E-state index contributed by atoms with van der Waals surface area (Å²) in [6.45, 7) is 8.19. The molecule has 2 aliphatic rings. The Morgan fingerprint density at radius 2 is 1.06 bits per heavy atom. The molecule has 4 unspecified atom stereocenters. The molecule has 0 bridgehead atoms. The van der Waals surface area contributed by atoms with Crippen molar-refractivity contribution >= 4 is 21.5 Å². The molecule has 0 radical (unpaired) electrons. The van der Waals surface area contributed by atoms with Crippen molar-refractivity contribution in [1.82, 2.24) is 0 Å². The van der Waals surface area contributed by atoms with Gasteiger partial charge in [0.2, 0.25) is 11.4 Å². The van der Waals surface area contributed by atoms with Crippen LogP contribution in [0.2, 0.25) is 0 Å². The molecule has 2 heteroatoms. The minimum absolute atomic E-state index is 0.300. The van der Waals surface area contributed by atoms with Gasteiger partial charge in [-0.15, -0.1) is 0 Å². The fraction of sp³-hybridized carbons (Fsp3) is 0.182. The molecule has 8 aromatic carbocycles. The number of hydrogen-bond acceptors (Lipinski definition) is 0. The smallest absolute Gasteiger partial charge is 0.198 e. The zero-order valence-corrected chi connectivity index (χ0v) is 39.4. The first-order valence-electron chi connectivity index (χ1n) is 25.0. The lowest BCUT2D eigenvalue weighted by atomic mass is 9.68. The van der Waals surface area contributed by atoms with E-state index in [2.05, 4.69) is 242 Å². The highest BCUT2D eigenvalue weighted by molar-refractivity contribution is 6.01. The van der Waals surface area contributed by atoms with Crippen LogP contribution in [0.15, 0.2) is 213 Å². The standard InChI is InChI=1S/C66H58N2/c1-4-6-18-45-31-33-59-61(37-45)66(44(3)63(5-2)68-36-14-12-30-65(59)68)62-43-67-35-13-11-29-64(67)60-42-50(32-34-58(60)62)48-23-15-24-49(38-48)51-39-52(56-27-16-21-46-19-7-9-25-54(46)56)41-53(40-51)57-28-17-22-47-20-8-10-26-55(47)57/h7-17,19-42,44,62-63,66H,4-6,18,43H2,1-3H3/q+2. The Kier molecular flexibility index (Phi) is 10.9. The maximum absolute atomic E-state index is 2.60. The van der Waals surface area contributed by atoms with Gasteiger partial charge < -0.3 is 0 Å². The largest absolute Gasteiger partial charge is 0.212 e. The zero-order chi connectivity index (χ0) is 45.7. The summed E-state index contributed by atoms with van der Waals surface area (Å²) in [5.74, 6) is 1.04. The molecule has 0 aliphatic carbocycles. The maximum atomic E-state index is 2.60. The molecule has 4 atom stereocenters.